The van der Waals surface area contributed by atoms with Gasteiger partial charge in [0, 0.05) is 25.1 Å². The minimum atomic E-state index is 0.310. The van der Waals surface area contributed by atoms with Crippen molar-refractivity contribution in [2.24, 2.45) is 5.73 Å². The van der Waals surface area contributed by atoms with Crippen LogP contribution in [0.2, 0.25) is 0 Å². The molecule has 6 nitrogen and oxygen atoms in total. The molecule has 1 fully saturated rings. The zero-order chi connectivity index (χ0) is 12.1. The lowest BCUT2D eigenvalue weighted by atomic mass is 10.0. The highest BCUT2D eigenvalue weighted by Crippen LogP contribution is 2.25. The first kappa shape index (κ1) is 12.1. The highest BCUT2D eigenvalue weighted by molar-refractivity contribution is 5.41. The second-order valence-electron chi connectivity index (χ2n) is 4.17. The van der Waals surface area contributed by atoms with E-state index in [2.05, 4.69) is 15.3 Å². The number of nitrogens with one attached hydrogen (secondary N) is 1. The summed E-state index contributed by atoms with van der Waals surface area (Å²) in [6.45, 7) is 2.98. The number of ether oxygens (including phenoxy) is 1. The largest absolute Gasteiger partial charge is 0.381 e. The van der Waals surface area contributed by atoms with Crippen molar-refractivity contribution >= 4 is 11.8 Å². The SMILES string of the molecule is NCCCNc1cc(C2CCOC2)nc(N)n1. The van der Waals surface area contributed by atoms with E-state index in [-0.39, 0.29) is 0 Å². The van der Waals surface area contributed by atoms with E-state index in [9.17, 15) is 0 Å². The molecule has 0 aromatic carbocycles. The number of hydrogen-bond donors (Lipinski definition) is 3. The predicted octanol–water partition coefficient (Wildman–Crippen LogP) is 0.323. The Morgan fingerprint density at radius 3 is 3.06 bits per heavy atom. The lowest BCUT2D eigenvalue weighted by Gasteiger charge is -2.11. The molecule has 1 aromatic heterocycles. The van der Waals surface area contributed by atoms with E-state index in [4.69, 9.17) is 16.2 Å². The van der Waals surface area contributed by atoms with E-state index in [1.807, 2.05) is 6.07 Å². The standard InChI is InChI=1S/C11H19N5O/c12-3-1-4-14-10-6-9(15-11(13)16-10)8-2-5-17-7-8/h6,8H,1-5,7,12H2,(H3,13,14,15,16). The zero-order valence-corrected chi connectivity index (χ0v) is 9.85. The van der Waals surface area contributed by atoms with E-state index in [0.717, 1.165) is 44.1 Å². The molecule has 17 heavy (non-hydrogen) atoms. The maximum Gasteiger partial charge on any atom is 0.222 e. The Balaban J connectivity index is 2.05. The first-order valence-electron chi connectivity index (χ1n) is 5.95. The zero-order valence-electron chi connectivity index (χ0n) is 9.85. The molecule has 2 rings (SSSR count). The van der Waals surface area contributed by atoms with E-state index < -0.39 is 0 Å². The van der Waals surface area contributed by atoms with E-state index >= 15 is 0 Å². The molecule has 1 saturated heterocycles. The lowest BCUT2D eigenvalue weighted by Crippen LogP contribution is -2.12. The van der Waals surface area contributed by atoms with Gasteiger partial charge in [-0.2, -0.15) is 4.98 Å². The number of aromatic nitrogens is 2. The van der Waals surface area contributed by atoms with Crippen molar-refractivity contribution in [3.63, 3.8) is 0 Å². The van der Waals surface area contributed by atoms with Crippen LogP contribution in [-0.4, -0.2) is 36.3 Å². The molecule has 0 aliphatic carbocycles. The summed E-state index contributed by atoms with van der Waals surface area (Å²) in [6, 6.07) is 1.95. The topological polar surface area (TPSA) is 99.1 Å². The molecular formula is C11H19N5O. The molecule has 0 radical (unpaired) electrons. The van der Waals surface area contributed by atoms with Gasteiger partial charge in [0.25, 0.3) is 0 Å². The molecule has 5 N–H and O–H groups in total. The molecule has 6 heteroatoms. The predicted molar refractivity (Wildman–Crippen MR) is 66.8 cm³/mol. The maximum absolute atomic E-state index is 5.70. The fraction of sp³-hybridized carbons (Fsp3) is 0.636. The highest BCUT2D eigenvalue weighted by Gasteiger charge is 2.20. The molecule has 1 aromatic rings. The van der Waals surface area contributed by atoms with Gasteiger partial charge in [0.1, 0.15) is 5.82 Å². The Hall–Kier alpha value is -1.40. The summed E-state index contributed by atoms with van der Waals surface area (Å²) < 4.78 is 5.35. The Morgan fingerprint density at radius 2 is 2.35 bits per heavy atom. The average molecular weight is 237 g/mol. The third-order valence-electron chi connectivity index (χ3n) is 2.80. The monoisotopic (exact) mass is 237 g/mol. The second kappa shape index (κ2) is 5.79. The number of rotatable bonds is 5. The van der Waals surface area contributed by atoms with Gasteiger partial charge < -0.3 is 21.5 Å². The highest BCUT2D eigenvalue weighted by atomic mass is 16.5. The number of anilines is 2. The minimum absolute atomic E-state index is 0.310. The Morgan fingerprint density at radius 1 is 1.47 bits per heavy atom. The summed E-state index contributed by atoms with van der Waals surface area (Å²) in [5.74, 6) is 1.42. The number of nitrogens with two attached hydrogens (primary N) is 2. The Kier molecular flexibility index (Phi) is 4.11. The summed E-state index contributed by atoms with van der Waals surface area (Å²) in [7, 11) is 0. The van der Waals surface area contributed by atoms with Crippen molar-refractivity contribution in [1.82, 2.24) is 9.97 Å². The van der Waals surface area contributed by atoms with Gasteiger partial charge in [0.05, 0.1) is 12.3 Å². The van der Waals surface area contributed by atoms with Crippen LogP contribution < -0.4 is 16.8 Å². The molecule has 94 valence electrons. The third-order valence-corrected chi connectivity index (χ3v) is 2.80. The van der Waals surface area contributed by atoms with Gasteiger partial charge in [-0.3, -0.25) is 0 Å². The van der Waals surface area contributed by atoms with Crippen LogP contribution in [0.15, 0.2) is 6.07 Å². The van der Waals surface area contributed by atoms with Crippen molar-refractivity contribution in [2.45, 2.75) is 18.8 Å². The number of hydrogen-bond acceptors (Lipinski definition) is 6. The van der Waals surface area contributed by atoms with Crippen LogP contribution >= 0.6 is 0 Å². The van der Waals surface area contributed by atoms with Crippen molar-refractivity contribution < 1.29 is 4.74 Å². The van der Waals surface area contributed by atoms with Crippen molar-refractivity contribution in [3.8, 4) is 0 Å². The first-order chi connectivity index (χ1) is 8.29. The smallest absolute Gasteiger partial charge is 0.222 e. The van der Waals surface area contributed by atoms with E-state index in [1.165, 1.54) is 0 Å². The summed E-state index contributed by atoms with van der Waals surface area (Å²) in [4.78, 5) is 8.42. The molecule has 1 aliphatic rings. The Labute approximate surface area is 101 Å². The van der Waals surface area contributed by atoms with Crippen LogP contribution in [0.25, 0.3) is 0 Å². The summed E-state index contributed by atoms with van der Waals surface area (Å²) >= 11 is 0. The lowest BCUT2D eigenvalue weighted by molar-refractivity contribution is 0.193. The summed E-state index contributed by atoms with van der Waals surface area (Å²) in [6.07, 6.45) is 1.91. The molecule has 2 heterocycles. The van der Waals surface area contributed by atoms with Gasteiger partial charge in [-0.25, -0.2) is 4.98 Å². The van der Waals surface area contributed by atoms with Gasteiger partial charge in [-0.1, -0.05) is 0 Å². The second-order valence-corrected chi connectivity index (χ2v) is 4.17. The normalized spacial score (nSPS) is 19.5. The van der Waals surface area contributed by atoms with Gasteiger partial charge >= 0.3 is 0 Å². The Bertz CT molecular complexity index is 365. The van der Waals surface area contributed by atoms with Crippen molar-refractivity contribution in [2.75, 3.05) is 37.4 Å². The van der Waals surface area contributed by atoms with Crippen LogP contribution in [0.3, 0.4) is 0 Å². The van der Waals surface area contributed by atoms with Crippen molar-refractivity contribution in [1.29, 1.82) is 0 Å². The number of nitrogens with zero attached hydrogens (tertiary/aromatic N) is 2. The van der Waals surface area contributed by atoms with Gasteiger partial charge in [0.15, 0.2) is 0 Å². The first-order valence-corrected chi connectivity index (χ1v) is 5.95. The molecule has 0 amide bonds. The van der Waals surface area contributed by atoms with Gasteiger partial charge in [-0.15, -0.1) is 0 Å². The molecule has 1 atom stereocenters. The van der Waals surface area contributed by atoms with Crippen molar-refractivity contribution in [3.05, 3.63) is 11.8 Å². The van der Waals surface area contributed by atoms with Gasteiger partial charge in [-0.05, 0) is 19.4 Å². The molecule has 0 spiro atoms. The molecule has 1 unspecified atom stereocenters. The fourth-order valence-electron chi connectivity index (χ4n) is 1.87. The maximum atomic E-state index is 5.70. The van der Waals surface area contributed by atoms with E-state index in [1.54, 1.807) is 0 Å². The minimum Gasteiger partial charge on any atom is -0.381 e. The van der Waals surface area contributed by atoms with E-state index in [0.29, 0.717) is 18.4 Å². The average Bonchev–Trinajstić information content (AvgIpc) is 2.82. The third kappa shape index (κ3) is 3.28. The van der Waals surface area contributed by atoms with Gasteiger partial charge in [0.2, 0.25) is 5.95 Å². The summed E-state index contributed by atoms with van der Waals surface area (Å²) in [5.41, 5.74) is 12.1. The molecular weight excluding hydrogens is 218 g/mol. The van der Waals surface area contributed by atoms with Crippen LogP contribution in [0.1, 0.15) is 24.5 Å². The molecule has 1 aliphatic heterocycles. The van der Waals surface area contributed by atoms with Crippen LogP contribution in [0, 0.1) is 0 Å². The molecule has 0 bridgehead atoms. The van der Waals surface area contributed by atoms with Crippen LogP contribution in [0.5, 0.6) is 0 Å². The van der Waals surface area contributed by atoms with Crippen LogP contribution in [0.4, 0.5) is 11.8 Å². The molecule has 0 saturated carbocycles. The quantitative estimate of drug-likeness (QED) is 0.638. The summed E-state index contributed by atoms with van der Waals surface area (Å²) in [5, 5.41) is 3.20. The number of nitrogen functional groups attached to an aromatic ring is 1. The fourth-order valence-corrected chi connectivity index (χ4v) is 1.87. The van der Waals surface area contributed by atoms with Crippen LogP contribution in [-0.2, 0) is 4.74 Å².